The van der Waals surface area contributed by atoms with Crippen molar-refractivity contribution in [3.63, 3.8) is 0 Å². The number of carbonyl (C=O) groups is 4. The predicted molar refractivity (Wildman–Crippen MR) is 111 cm³/mol. The summed E-state index contributed by atoms with van der Waals surface area (Å²) < 4.78 is 10.2. The van der Waals surface area contributed by atoms with Gasteiger partial charge < -0.3 is 9.47 Å². The van der Waals surface area contributed by atoms with Crippen LogP contribution in [-0.2, 0) is 9.53 Å². The number of Topliss-reactive ketones (excluding diaryl/α,β-unsaturated/α-hetero) is 1. The number of nitrogens with zero attached hydrogens (tertiary/aromatic N) is 2. The highest BCUT2D eigenvalue weighted by molar-refractivity contribution is 6.24. The number of nitro groups is 1. The van der Waals surface area contributed by atoms with Crippen LogP contribution in [0.4, 0.5) is 5.69 Å². The number of ether oxygens (including phenoxy) is 2. The van der Waals surface area contributed by atoms with Gasteiger partial charge in [-0.15, -0.1) is 0 Å². The molecule has 1 aliphatic rings. The van der Waals surface area contributed by atoms with E-state index in [2.05, 4.69) is 0 Å². The maximum Gasteiger partial charge on any atom is 0.330 e. The second kappa shape index (κ2) is 8.96. The maximum atomic E-state index is 12.9. The number of rotatable bonds is 8. The molecular formula is C22H20N2O8. The summed E-state index contributed by atoms with van der Waals surface area (Å²) >= 11 is 0. The summed E-state index contributed by atoms with van der Waals surface area (Å²) in [6.45, 7) is 2.57. The van der Waals surface area contributed by atoms with Gasteiger partial charge in [-0.05, 0) is 24.1 Å². The van der Waals surface area contributed by atoms with Crippen molar-refractivity contribution in [1.82, 2.24) is 4.90 Å². The lowest BCUT2D eigenvalue weighted by atomic mass is 10.0. The first-order chi connectivity index (χ1) is 15.2. The second-order valence-corrected chi connectivity index (χ2v) is 7.39. The number of ketones is 1. The van der Waals surface area contributed by atoms with Crippen LogP contribution in [-0.4, -0.2) is 53.1 Å². The van der Waals surface area contributed by atoms with Gasteiger partial charge in [-0.25, -0.2) is 4.79 Å². The normalized spacial score (nSPS) is 13.7. The van der Waals surface area contributed by atoms with E-state index in [0.717, 1.165) is 6.07 Å². The van der Waals surface area contributed by atoms with Gasteiger partial charge >= 0.3 is 5.97 Å². The van der Waals surface area contributed by atoms with Crippen LogP contribution in [0.15, 0.2) is 42.5 Å². The molecule has 2 aromatic carbocycles. The van der Waals surface area contributed by atoms with Crippen LogP contribution >= 0.6 is 0 Å². The van der Waals surface area contributed by atoms with Gasteiger partial charge in [0.2, 0.25) is 0 Å². The number of esters is 1. The van der Waals surface area contributed by atoms with Crippen LogP contribution in [0.1, 0.15) is 44.9 Å². The Morgan fingerprint density at radius 1 is 1.09 bits per heavy atom. The van der Waals surface area contributed by atoms with Crippen molar-refractivity contribution in [1.29, 1.82) is 0 Å². The summed E-state index contributed by atoms with van der Waals surface area (Å²) in [4.78, 5) is 62.2. The molecule has 1 atom stereocenters. The molecule has 10 heteroatoms. The molecule has 1 heterocycles. The lowest BCUT2D eigenvalue weighted by molar-refractivity contribution is -0.385. The highest BCUT2D eigenvalue weighted by Gasteiger charge is 2.47. The van der Waals surface area contributed by atoms with Crippen molar-refractivity contribution >= 4 is 29.3 Å². The zero-order valence-electron chi connectivity index (χ0n) is 17.6. The van der Waals surface area contributed by atoms with E-state index in [1.165, 1.54) is 31.4 Å². The Hall–Kier alpha value is -4.08. The van der Waals surface area contributed by atoms with Crippen LogP contribution in [0.3, 0.4) is 0 Å². The Labute approximate surface area is 182 Å². The first kappa shape index (κ1) is 22.6. The summed E-state index contributed by atoms with van der Waals surface area (Å²) in [6.07, 6.45) is 0. The number of imide groups is 1. The first-order valence-corrected chi connectivity index (χ1v) is 9.66. The topological polar surface area (TPSA) is 133 Å². The van der Waals surface area contributed by atoms with Gasteiger partial charge in [0.25, 0.3) is 17.5 Å². The van der Waals surface area contributed by atoms with Crippen molar-refractivity contribution < 1.29 is 33.6 Å². The number of carbonyl (C=O) groups excluding carboxylic acids is 4. The van der Waals surface area contributed by atoms with Gasteiger partial charge in [-0.3, -0.25) is 29.4 Å². The fraction of sp³-hybridized carbons (Fsp3) is 0.273. The zero-order valence-corrected chi connectivity index (χ0v) is 17.6. The molecule has 0 N–H and O–H groups in total. The molecule has 0 spiro atoms. The lowest BCUT2D eigenvalue weighted by Crippen LogP contribution is -2.49. The fourth-order valence-electron chi connectivity index (χ4n) is 3.47. The molecule has 10 nitrogen and oxygen atoms in total. The third-order valence-electron chi connectivity index (χ3n) is 5.01. The van der Waals surface area contributed by atoms with Crippen LogP contribution in [0.25, 0.3) is 0 Å². The minimum absolute atomic E-state index is 0.157. The van der Waals surface area contributed by atoms with Crippen LogP contribution in [0.5, 0.6) is 5.75 Å². The quantitative estimate of drug-likeness (QED) is 0.201. The van der Waals surface area contributed by atoms with Crippen LogP contribution in [0, 0.1) is 16.0 Å². The molecule has 0 bridgehead atoms. The van der Waals surface area contributed by atoms with Crippen molar-refractivity contribution in [2.24, 2.45) is 5.92 Å². The largest absolute Gasteiger partial charge is 0.497 e. The van der Waals surface area contributed by atoms with E-state index in [1.54, 1.807) is 26.0 Å². The van der Waals surface area contributed by atoms with E-state index < -0.39 is 52.7 Å². The molecule has 0 radical (unpaired) electrons. The summed E-state index contributed by atoms with van der Waals surface area (Å²) in [7, 11) is 1.45. The summed E-state index contributed by atoms with van der Waals surface area (Å²) in [6, 6.07) is 8.61. The summed E-state index contributed by atoms with van der Waals surface area (Å²) in [5.74, 6) is -3.37. The standard InChI is InChI=1S/C22H20N2O8/c1-12(2)19(22(28)32-11-17(25)13-6-4-7-14(10-13)31-3)23-20(26)15-8-5-9-16(24(29)30)18(15)21(23)27/h4-10,12,19H,11H2,1-3H3/t19-/m1/s1. The fourth-order valence-corrected chi connectivity index (χ4v) is 3.47. The van der Waals surface area contributed by atoms with Crippen LogP contribution < -0.4 is 4.74 Å². The summed E-state index contributed by atoms with van der Waals surface area (Å²) in [5.41, 5.74) is -0.787. The summed E-state index contributed by atoms with van der Waals surface area (Å²) in [5, 5.41) is 11.3. The number of nitro benzene ring substituents is 1. The third-order valence-corrected chi connectivity index (χ3v) is 5.01. The minimum atomic E-state index is -1.36. The lowest BCUT2D eigenvalue weighted by Gasteiger charge is -2.27. The van der Waals surface area contributed by atoms with Gasteiger partial charge in [0.05, 0.1) is 17.6 Å². The number of hydrogen-bond donors (Lipinski definition) is 0. The molecule has 0 aliphatic carbocycles. The van der Waals surface area contributed by atoms with Gasteiger partial charge in [0, 0.05) is 11.6 Å². The Kier molecular flexibility index (Phi) is 6.33. The maximum absolute atomic E-state index is 12.9. The van der Waals surface area contributed by atoms with E-state index in [0.29, 0.717) is 10.6 Å². The highest BCUT2D eigenvalue weighted by atomic mass is 16.6. The Bertz CT molecular complexity index is 1120. The van der Waals surface area contributed by atoms with E-state index in [4.69, 9.17) is 9.47 Å². The predicted octanol–water partition coefficient (Wildman–Crippen LogP) is 2.65. The first-order valence-electron chi connectivity index (χ1n) is 9.66. The molecule has 0 aromatic heterocycles. The molecule has 0 saturated carbocycles. The molecule has 32 heavy (non-hydrogen) atoms. The molecule has 2 amide bonds. The molecule has 0 fully saturated rings. The van der Waals surface area contributed by atoms with Crippen molar-refractivity contribution in [2.45, 2.75) is 19.9 Å². The van der Waals surface area contributed by atoms with Gasteiger partial charge in [-0.2, -0.15) is 0 Å². The van der Waals surface area contributed by atoms with Crippen molar-refractivity contribution in [3.05, 3.63) is 69.3 Å². The smallest absolute Gasteiger partial charge is 0.330 e. The third kappa shape index (κ3) is 4.07. The number of methoxy groups -OCH3 is 1. The number of benzene rings is 2. The monoisotopic (exact) mass is 440 g/mol. The van der Waals surface area contributed by atoms with Crippen LogP contribution in [0.2, 0.25) is 0 Å². The number of amides is 2. The Morgan fingerprint density at radius 2 is 1.78 bits per heavy atom. The molecular weight excluding hydrogens is 420 g/mol. The van der Waals surface area contributed by atoms with Crippen molar-refractivity contribution in [3.8, 4) is 5.75 Å². The van der Waals surface area contributed by atoms with Gasteiger partial charge in [-0.1, -0.05) is 32.0 Å². The van der Waals surface area contributed by atoms with E-state index >= 15 is 0 Å². The average Bonchev–Trinajstić information content (AvgIpc) is 3.02. The Morgan fingerprint density at radius 3 is 2.41 bits per heavy atom. The van der Waals surface area contributed by atoms with E-state index in [1.807, 2.05) is 0 Å². The second-order valence-electron chi connectivity index (χ2n) is 7.39. The molecule has 0 saturated heterocycles. The highest BCUT2D eigenvalue weighted by Crippen LogP contribution is 2.33. The minimum Gasteiger partial charge on any atom is -0.497 e. The molecule has 166 valence electrons. The number of hydrogen-bond acceptors (Lipinski definition) is 8. The molecule has 2 aromatic rings. The molecule has 1 aliphatic heterocycles. The molecule has 0 unspecified atom stereocenters. The van der Waals surface area contributed by atoms with E-state index in [9.17, 15) is 29.3 Å². The number of fused-ring (bicyclic) bond motifs is 1. The van der Waals surface area contributed by atoms with Gasteiger partial charge in [0.1, 0.15) is 17.4 Å². The SMILES string of the molecule is COc1cccc(C(=O)COC(=O)[C@@H](C(C)C)N2C(=O)c3cccc([N+](=O)[O-])c3C2=O)c1. The Balaban J connectivity index is 1.82. The zero-order chi connectivity index (χ0) is 23.6. The van der Waals surface area contributed by atoms with Crippen molar-refractivity contribution in [2.75, 3.05) is 13.7 Å². The van der Waals surface area contributed by atoms with E-state index in [-0.39, 0.29) is 16.7 Å². The average molecular weight is 440 g/mol. The van der Waals surface area contributed by atoms with Gasteiger partial charge in [0.15, 0.2) is 12.4 Å². The molecule has 3 rings (SSSR count).